The summed E-state index contributed by atoms with van der Waals surface area (Å²) < 4.78 is 4.99. The number of unbranched alkanes of at least 4 members (excludes halogenated alkanes) is 2. The summed E-state index contributed by atoms with van der Waals surface area (Å²) in [6.45, 7) is 13.7. The summed E-state index contributed by atoms with van der Waals surface area (Å²) in [5.41, 5.74) is 0. The van der Waals surface area contributed by atoms with Gasteiger partial charge in [0.25, 0.3) is 0 Å². The van der Waals surface area contributed by atoms with Crippen LogP contribution in [0, 0.1) is 11.8 Å². The molecule has 3 heterocycles. The van der Waals surface area contributed by atoms with Crippen molar-refractivity contribution in [3.8, 4) is 0 Å². The minimum Gasteiger partial charge on any atom is -0.385 e. The van der Waals surface area contributed by atoms with Gasteiger partial charge in [-0.15, -0.1) is 0 Å². The van der Waals surface area contributed by atoms with E-state index in [0.29, 0.717) is 18.2 Å². The average molecular weight is 524 g/mol. The van der Waals surface area contributed by atoms with Gasteiger partial charge in [0.05, 0.1) is 0 Å². The Balaban J connectivity index is 0.000000261. The molecule has 8 heteroatoms. The molecule has 0 aromatic carbocycles. The second-order valence-electron chi connectivity index (χ2n) is 11.5. The van der Waals surface area contributed by atoms with Crippen molar-refractivity contribution < 1.29 is 14.3 Å². The van der Waals surface area contributed by atoms with E-state index in [9.17, 15) is 9.59 Å². The zero-order chi connectivity index (χ0) is 26.9. The van der Waals surface area contributed by atoms with Crippen LogP contribution in [0.5, 0.6) is 0 Å². The molecule has 3 rings (SSSR count). The number of amides is 2. The van der Waals surface area contributed by atoms with Crippen LogP contribution >= 0.6 is 0 Å². The lowest BCUT2D eigenvalue weighted by molar-refractivity contribution is -0.133. The summed E-state index contributed by atoms with van der Waals surface area (Å²) in [5.74, 6) is 2.04. The highest BCUT2D eigenvalue weighted by atomic mass is 16.5. The van der Waals surface area contributed by atoms with Crippen LogP contribution in [0.4, 0.5) is 0 Å². The van der Waals surface area contributed by atoms with Crippen LogP contribution in [0.1, 0.15) is 71.1 Å². The van der Waals surface area contributed by atoms with Gasteiger partial charge in [0.1, 0.15) is 0 Å². The largest absolute Gasteiger partial charge is 0.385 e. The maximum atomic E-state index is 11.8. The molecule has 0 saturated carbocycles. The van der Waals surface area contributed by atoms with Gasteiger partial charge in [-0.2, -0.15) is 0 Å². The molecule has 3 aliphatic rings. The van der Waals surface area contributed by atoms with Gasteiger partial charge < -0.3 is 24.8 Å². The van der Waals surface area contributed by atoms with Gasteiger partial charge in [-0.3, -0.25) is 14.5 Å². The summed E-state index contributed by atoms with van der Waals surface area (Å²) in [5, 5.41) is 3.02. The van der Waals surface area contributed by atoms with E-state index in [-0.39, 0.29) is 5.91 Å². The van der Waals surface area contributed by atoms with E-state index >= 15 is 0 Å². The zero-order valence-electron chi connectivity index (χ0n) is 24.5. The average Bonchev–Trinajstić information content (AvgIpc) is 2.90. The third-order valence-electron chi connectivity index (χ3n) is 8.20. The first-order valence-electron chi connectivity index (χ1n) is 15.0. The first kappa shape index (κ1) is 32.0. The number of rotatable bonds is 12. The molecule has 8 nitrogen and oxygen atoms in total. The van der Waals surface area contributed by atoms with E-state index in [1.54, 1.807) is 7.11 Å². The number of piperidine rings is 2. The van der Waals surface area contributed by atoms with Gasteiger partial charge in [0.2, 0.25) is 11.8 Å². The van der Waals surface area contributed by atoms with E-state index in [1.165, 1.54) is 32.5 Å². The van der Waals surface area contributed by atoms with E-state index < -0.39 is 0 Å². The van der Waals surface area contributed by atoms with Crippen LogP contribution in [0.25, 0.3) is 0 Å². The van der Waals surface area contributed by atoms with Crippen molar-refractivity contribution in [1.82, 2.24) is 24.9 Å². The van der Waals surface area contributed by atoms with E-state index in [0.717, 1.165) is 103 Å². The van der Waals surface area contributed by atoms with Gasteiger partial charge in [-0.05, 0) is 103 Å². The molecular weight excluding hydrogens is 466 g/mol. The Morgan fingerprint density at radius 1 is 0.811 bits per heavy atom. The summed E-state index contributed by atoms with van der Waals surface area (Å²) >= 11 is 0. The first-order chi connectivity index (χ1) is 17.9. The van der Waals surface area contributed by atoms with Crippen LogP contribution in [0.3, 0.4) is 0 Å². The monoisotopic (exact) mass is 523 g/mol. The minimum absolute atomic E-state index is 0.233. The highest BCUT2D eigenvalue weighted by Gasteiger charge is 2.24. The molecule has 0 spiro atoms. The van der Waals surface area contributed by atoms with Crippen LogP contribution in [0.15, 0.2) is 0 Å². The molecule has 0 unspecified atom stereocenters. The predicted octanol–water partition coefficient (Wildman–Crippen LogP) is 2.92. The Morgan fingerprint density at radius 2 is 1.41 bits per heavy atom. The SMILES string of the molecule is CCCC(=O)N1CCN(CC2CCN(C)CC2)CC1.COCCCCCNC(=O)CC1CCN(C)CC1. The molecule has 3 fully saturated rings. The number of carbonyl (C=O) groups excluding carboxylic acids is 2. The normalized spacial score (nSPS) is 20.9. The topological polar surface area (TPSA) is 68.4 Å². The Hall–Kier alpha value is -1.22. The van der Waals surface area contributed by atoms with Crippen molar-refractivity contribution >= 4 is 11.8 Å². The predicted molar refractivity (Wildman–Crippen MR) is 152 cm³/mol. The van der Waals surface area contributed by atoms with Crippen LogP contribution in [0.2, 0.25) is 0 Å². The fraction of sp³-hybridized carbons (Fsp3) is 0.931. The second kappa shape index (κ2) is 18.9. The molecule has 3 saturated heterocycles. The van der Waals surface area contributed by atoms with Gasteiger partial charge in [0.15, 0.2) is 0 Å². The molecule has 0 radical (unpaired) electrons. The Kier molecular flexibility index (Phi) is 16.4. The van der Waals surface area contributed by atoms with Crippen LogP contribution < -0.4 is 5.32 Å². The maximum absolute atomic E-state index is 11.8. The first-order valence-corrected chi connectivity index (χ1v) is 15.0. The lowest BCUT2D eigenvalue weighted by Crippen LogP contribution is -2.50. The molecule has 1 N–H and O–H groups in total. The molecule has 37 heavy (non-hydrogen) atoms. The number of nitrogens with zero attached hydrogens (tertiary/aromatic N) is 4. The summed E-state index contributed by atoms with van der Waals surface area (Å²) in [4.78, 5) is 32.9. The standard InChI is InChI=1S/C15H29N3O.C14H28N2O2/c1-3-4-15(19)18-11-9-17(10-12-18)13-14-5-7-16(2)8-6-14;1-16-9-6-13(7-10-16)12-14(17)15-8-4-3-5-11-18-2/h14H,3-13H2,1-2H3;13H,3-12H2,1-2H3,(H,15,17). The van der Waals surface area contributed by atoms with Crippen molar-refractivity contribution in [3.05, 3.63) is 0 Å². The number of piperazine rings is 1. The molecule has 0 aromatic heterocycles. The highest BCUT2D eigenvalue weighted by molar-refractivity contribution is 5.76. The fourth-order valence-corrected chi connectivity index (χ4v) is 5.54. The van der Waals surface area contributed by atoms with Crippen LogP contribution in [-0.4, -0.2) is 125 Å². The molecule has 0 aliphatic carbocycles. The number of hydrogen-bond acceptors (Lipinski definition) is 6. The van der Waals surface area contributed by atoms with E-state index in [1.807, 2.05) is 0 Å². The molecule has 0 bridgehead atoms. The smallest absolute Gasteiger partial charge is 0.222 e. The molecule has 3 aliphatic heterocycles. The quantitative estimate of drug-likeness (QED) is 0.397. The summed E-state index contributed by atoms with van der Waals surface area (Å²) in [7, 11) is 6.09. The van der Waals surface area contributed by atoms with Gasteiger partial charge in [-0.25, -0.2) is 0 Å². The van der Waals surface area contributed by atoms with Crippen molar-refractivity contribution in [2.75, 3.05) is 93.3 Å². The van der Waals surface area contributed by atoms with Gasteiger partial charge >= 0.3 is 0 Å². The van der Waals surface area contributed by atoms with Crippen molar-refractivity contribution in [2.45, 2.75) is 71.1 Å². The van der Waals surface area contributed by atoms with Gasteiger partial charge in [0, 0.05) is 65.8 Å². The highest BCUT2D eigenvalue weighted by Crippen LogP contribution is 2.19. The summed E-state index contributed by atoms with van der Waals surface area (Å²) in [6.07, 6.45) is 10.7. The van der Waals surface area contributed by atoms with Crippen molar-refractivity contribution in [3.63, 3.8) is 0 Å². The van der Waals surface area contributed by atoms with E-state index in [2.05, 4.69) is 45.9 Å². The number of likely N-dealkylation sites (tertiary alicyclic amines) is 2. The molecule has 216 valence electrons. The van der Waals surface area contributed by atoms with E-state index in [4.69, 9.17) is 4.74 Å². The fourth-order valence-electron chi connectivity index (χ4n) is 5.54. The molecular formula is C29H57N5O3. The Labute approximate surface area is 227 Å². The summed E-state index contributed by atoms with van der Waals surface area (Å²) in [6, 6.07) is 0. The number of nitrogens with one attached hydrogen (secondary N) is 1. The lowest BCUT2D eigenvalue weighted by Gasteiger charge is -2.38. The third kappa shape index (κ3) is 13.9. The molecule has 2 amide bonds. The zero-order valence-corrected chi connectivity index (χ0v) is 24.5. The van der Waals surface area contributed by atoms with Crippen LogP contribution in [-0.2, 0) is 14.3 Å². The number of ether oxygens (including phenoxy) is 1. The Morgan fingerprint density at radius 3 is 1.97 bits per heavy atom. The van der Waals surface area contributed by atoms with Crippen molar-refractivity contribution in [2.24, 2.45) is 11.8 Å². The lowest BCUT2D eigenvalue weighted by atomic mass is 9.93. The molecule has 0 atom stereocenters. The molecule has 0 aromatic rings. The maximum Gasteiger partial charge on any atom is 0.222 e. The van der Waals surface area contributed by atoms with Gasteiger partial charge in [-0.1, -0.05) is 6.92 Å². The number of hydrogen-bond donors (Lipinski definition) is 1. The third-order valence-corrected chi connectivity index (χ3v) is 8.20. The number of carbonyl (C=O) groups is 2. The minimum atomic E-state index is 0.233. The number of methoxy groups -OCH3 is 1. The Bertz CT molecular complexity index is 611. The second-order valence-corrected chi connectivity index (χ2v) is 11.5. The van der Waals surface area contributed by atoms with Crippen molar-refractivity contribution in [1.29, 1.82) is 0 Å².